The Morgan fingerprint density at radius 2 is 0.541 bits per heavy atom. The zero-order chi connectivity index (χ0) is 29.4. The van der Waals surface area contributed by atoms with Gasteiger partial charge in [-0.15, -0.1) is 0 Å². The van der Waals surface area contributed by atoms with Crippen LogP contribution in [0, 0.1) is 0 Å². The SMILES string of the molecule is CC(C)(C)OOC(C)(CCOC(C)(C)OCCC(C)(OOC(C)(C)C)OOC(C)(C)C)OOC(C)(C)C. The molecule has 0 saturated heterocycles. The van der Waals surface area contributed by atoms with E-state index in [1.807, 2.05) is 96.9 Å². The maximum absolute atomic E-state index is 5.99. The van der Waals surface area contributed by atoms with Crippen molar-refractivity contribution in [2.24, 2.45) is 0 Å². The Balaban J connectivity index is 5.00. The van der Waals surface area contributed by atoms with Crippen molar-refractivity contribution in [3.05, 3.63) is 0 Å². The van der Waals surface area contributed by atoms with E-state index >= 15 is 0 Å². The Bertz CT molecular complexity index is 546. The lowest BCUT2D eigenvalue weighted by Gasteiger charge is -2.35. The fraction of sp³-hybridized carbons (Fsp3) is 1.00. The van der Waals surface area contributed by atoms with E-state index in [9.17, 15) is 0 Å². The van der Waals surface area contributed by atoms with E-state index in [0.717, 1.165) is 0 Å². The Hall–Kier alpha value is -0.400. The van der Waals surface area contributed by atoms with Crippen molar-refractivity contribution in [2.45, 2.75) is 163 Å². The molecule has 0 bridgehead atoms. The van der Waals surface area contributed by atoms with Gasteiger partial charge in [0.15, 0.2) is 5.79 Å². The Morgan fingerprint density at radius 3 is 0.730 bits per heavy atom. The highest BCUT2D eigenvalue weighted by Crippen LogP contribution is 2.28. The van der Waals surface area contributed by atoms with Crippen LogP contribution in [-0.2, 0) is 48.6 Å². The average molecular weight is 541 g/mol. The fourth-order valence-corrected chi connectivity index (χ4v) is 2.05. The van der Waals surface area contributed by atoms with Crippen LogP contribution in [0.2, 0.25) is 0 Å². The minimum Gasteiger partial charge on any atom is -0.350 e. The minimum absolute atomic E-state index is 0.245. The predicted octanol–water partition coefficient (Wildman–Crippen LogP) is 6.96. The van der Waals surface area contributed by atoms with E-state index in [4.69, 9.17) is 48.6 Å². The molecule has 0 aromatic carbocycles. The van der Waals surface area contributed by atoms with Gasteiger partial charge in [0.25, 0.3) is 0 Å². The molecule has 0 fully saturated rings. The lowest BCUT2D eigenvalue weighted by Crippen LogP contribution is -2.41. The summed E-state index contributed by atoms with van der Waals surface area (Å²) in [6.07, 6.45) is 0.628. The quantitative estimate of drug-likeness (QED) is 0.116. The summed E-state index contributed by atoms with van der Waals surface area (Å²) in [5, 5.41) is 0. The molecule has 0 aromatic heterocycles. The maximum Gasteiger partial charge on any atom is 0.233 e. The Morgan fingerprint density at radius 1 is 0.324 bits per heavy atom. The fourth-order valence-electron chi connectivity index (χ4n) is 2.05. The first-order valence-electron chi connectivity index (χ1n) is 13.0. The standard InChI is InChI=1S/C27H56O10/c1-21(2,3)30-34-26(15,35-31-22(4,5)6)17-19-28-25(13,14)29-20-18-27(16,36-32-23(7,8)9)37-33-24(10,11)12/h17-20H2,1-16H3. The predicted molar refractivity (Wildman–Crippen MR) is 140 cm³/mol. The van der Waals surface area contributed by atoms with Gasteiger partial charge < -0.3 is 9.47 Å². The number of hydrogen-bond acceptors (Lipinski definition) is 10. The van der Waals surface area contributed by atoms with Crippen LogP contribution in [0.25, 0.3) is 0 Å². The van der Waals surface area contributed by atoms with Crippen LogP contribution in [0.3, 0.4) is 0 Å². The molecule has 0 saturated carbocycles. The third-order valence-corrected chi connectivity index (χ3v) is 3.88. The van der Waals surface area contributed by atoms with Gasteiger partial charge in [-0.25, -0.2) is 19.6 Å². The molecule has 0 aliphatic rings. The van der Waals surface area contributed by atoms with Gasteiger partial charge in [0, 0.05) is 12.8 Å². The largest absolute Gasteiger partial charge is 0.350 e. The van der Waals surface area contributed by atoms with E-state index in [1.165, 1.54) is 0 Å². The first-order valence-corrected chi connectivity index (χ1v) is 13.0. The van der Waals surface area contributed by atoms with Gasteiger partial charge in [-0.3, -0.25) is 0 Å². The molecule has 0 N–H and O–H groups in total. The van der Waals surface area contributed by atoms with E-state index < -0.39 is 39.8 Å². The van der Waals surface area contributed by atoms with Gasteiger partial charge in [-0.1, -0.05) is 0 Å². The Labute approximate surface area is 225 Å². The molecule has 0 aromatic rings. The summed E-state index contributed by atoms with van der Waals surface area (Å²) in [4.78, 5) is 44.4. The summed E-state index contributed by atoms with van der Waals surface area (Å²) in [7, 11) is 0. The Kier molecular flexibility index (Phi) is 13.6. The van der Waals surface area contributed by atoms with Crippen LogP contribution in [0.4, 0.5) is 0 Å². The molecule has 10 heteroatoms. The van der Waals surface area contributed by atoms with Crippen molar-refractivity contribution in [1.29, 1.82) is 0 Å². The topological polar surface area (TPSA) is 92.3 Å². The molecule has 0 unspecified atom stereocenters. The molecule has 0 aliphatic carbocycles. The molecule has 224 valence electrons. The van der Waals surface area contributed by atoms with Crippen LogP contribution in [0.5, 0.6) is 0 Å². The van der Waals surface area contributed by atoms with Crippen molar-refractivity contribution in [1.82, 2.24) is 0 Å². The van der Waals surface area contributed by atoms with Crippen LogP contribution >= 0.6 is 0 Å². The third kappa shape index (κ3) is 21.1. The van der Waals surface area contributed by atoms with Crippen molar-refractivity contribution < 1.29 is 48.6 Å². The molecule has 0 atom stereocenters. The first kappa shape index (κ1) is 36.6. The van der Waals surface area contributed by atoms with Gasteiger partial charge in [0.1, 0.15) is 0 Å². The van der Waals surface area contributed by atoms with Crippen LogP contribution in [0.1, 0.15) is 124 Å². The van der Waals surface area contributed by atoms with Crippen molar-refractivity contribution in [3.63, 3.8) is 0 Å². The van der Waals surface area contributed by atoms with Gasteiger partial charge >= 0.3 is 0 Å². The van der Waals surface area contributed by atoms with Gasteiger partial charge in [0.05, 0.1) is 35.6 Å². The minimum atomic E-state index is -1.20. The first-order chi connectivity index (χ1) is 16.2. The molecular formula is C27H56O10. The molecule has 0 radical (unpaired) electrons. The molecular weight excluding hydrogens is 484 g/mol. The molecule has 0 spiro atoms. The van der Waals surface area contributed by atoms with Gasteiger partial charge in [0.2, 0.25) is 11.6 Å². The summed E-state index contributed by atoms with van der Waals surface area (Å²) in [6, 6.07) is 0. The summed E-state index contributed by atoms with van der Waals surface area (Å²) < 4.78 is 12.0. The highest BCUT2D eigenvalue weighted by molar-refractivity contribution is 4.67. The molecule has 10 nitrogen and oxygen atoms in total. The summed E-state index contributed by atoms with van der Waals surface area (Å²) in [5.41, 5.74) is -2.11. The molecule has 0 amide bonds. The average Bonchev–Trinajstić information content (AvgIpc) is 2.66. The van der Waals surface area contributed by atoms with Crippen LogP contribution in [-0.4, -0.2) is 53.0 Å². The molecule has 0 aliphatic heterocycles. The zero-order valence-corrected chi connectivity index (χ0v) is 26.4. The van der Waals surface area contributed by atoms with E-state index in [1.54, 1.807) is 13.8 Å². The van der Waals surface area contributed by atoms with E-state index in [2.05, 4.69) is 0 Å². The summed E-state index contributed by atoms with van der Waals surface area (Å²) in [5.74, 6) is -3.33. The van der Waals surface area contributed by atoms with Crippen LogP contribution < -0.4 is 0 Å². The van der Waals surface area contributed by atoms with Crippen molar-refractivity contribution in [2.75, 3.05) is 13.2 Å². The second-order valence-corrected chi connectivity index (χ2v) is 14.0. The summed E-state index contributed by atoms with van der Waals surface area (Å²) in [6.45, 7) is 30.2. The number of rotatable bonds is 16. The van der Waals surface area contributed by atoms with Crippen molar-refractivity contribution in [3.8, 4) is 0 Å². The van der Waals surface area contributed by atoms with E-state index in [-0.39, 0.29) is 13.2 Å². The second kappa shape index (κ2) is 13.8. The van der Waals surface area contributed by atoms with Crippen molar-refractivity contribution >= 4 is 0 Å². The maximum atomic E-state index is 5.99. The highest BCUT2D eigenvalue weighted by Gasteiger charge is 2.36. The van der Waals surface area contributed by atoms with E-state index in [0.29, 0.717) is 12.8 Å². The zero-order valence-electron chi connectivity index (χ0n) is 26.4. The normalized spacial score (nSPS) is 14.9. The second-order valence-electron chi connectivity index (χ2n) is 14.0. The molecule has 0 heterocycles. The lowest BCUT2D eigenvalue weighted by atomic mass is 10.2. The van der Waals surface area contributed by atoms with Gasteiger partial charge in [-0.05, 0) is 111 Å². The lowest BCUT2D eigenvalue weighted by molar-refractivity contribution is -0.539. The smallest absolute Gasteiger partial charge is 0.233 e. The summed E-state index contributed by atoms with van der Waals surface area (Å²) >= 11 is 0. The number of hydrogen-bond donors (Lipinski definition) is 0. The highest BCUT2D eigenvalue weighted by atomic mass is 17.3. The monoisotopic (exact) mass is 540 g/mol. The third-order valence-electron chi connectivity index (χ3n) is 3.88. The molecule has 37 heavy (non-hydrogen) atoms. The number of ether oxygens (including phenoxy) is 2. The van der Waals surface area contributed by atoms with Gasteiger partial charge in [-0.2, -0.15) is 19.6 Å². The molecule has 0 rings (SSSR count). The van der Waals surface area contributed by atoms with Crippen LogP contribution in [0.15, 0.2) is 0 Å².